The molecule has 1 aliphatic heterocycles. The van der Waals surface area contributed by atoms with Gasteiger partial charge < -0.3 is 14.5 Å². The van der Waals surface area contributed by atoms with Crippen molar-refractivity contribution in [2.75, 3.05) is 13.7 Å². The number of halogens is 1. The molecule has 2 unspecified atom stereocenters. The van der Waals surface area contributed by atoms with Gasteiger partial charge in [-0.15, -0.1) is 0 Å². The summed E-state index contributed by atoms with van der Waals surface area (Å²) in [5, 5.41) is 11.9. The molecule has 2 atom stereocenters. The number of benzene rings is 1. The third-order valence-electron chi connectivity index (χ3n) is 5.90. The molecule has 2 aromatic rings. The van der Waals surface area contributed by atoms with Crippen molar-refractivity contribution in [1.29, 1.82) is 0 Å². The van der Waals surface area contributed by atoms with Gasteiger partial charge >= 0.3 is 11.9 Å². The molecule has 9 nitrogen and oxygen atoms in total. The zero-order valence-corrected chi connectivity index (χ0v) is 20.4. The number of nitrogens with zero attached hydrogens (tertiary/aromatic N) is 2. The van der Waals surface area contributed by atoms with Crippen molar-refractivity contribution in [2.45, 2.75) is 40.0 Å². The fourth-order valence-corrected chi connectivity index (χ4v) is 4.70. The monoisotopic (exact) mass is 487 g/mol. The normalized spacial score (nSPS) is 17.9. The molecule has 0 saturated carbocycles. The van der Waals surface area contributed by atoms with Crippen LogP contribution in [0.3, 0.4) is 0 Å². The number of carbonyl (C=O) groups is 2. The number of nitro benzene ring substituents is 1. The number of H-pyrrole nitrogens is 1. The van der Waals surface area contributed by atoms with Gasteiger partial charge in [-0.25, -0.2) is 4.79 Å². The summed E-state index contributed by atoms with van der Waals surface area (Å²) in [6.07, 6.45) is 0.480. The van der Waals surface area contributed by atoms with Crippen LogP contribution in [0.5, 0.6) is 0 Å². The van der Waals surface area contributed by atoms with Gasteiger partial charge in [0.15, 0.2) is 0 Å². The number of nitrogens with one attached hydrogen (secondary N) is 1. The van der Waals surface area contributed by atoms with Gasteiger partial charge in [0.1, 0.15) is 5.92 Å². The number of aryl methyl sites for hydroxylation is 2. The van der Waals surface area contributed by atoms with Crippen LogP contribution >= 0.6 is 11.6 Å². The highest BCUT2D eigenvalue weighted by Gasteiger charge is 2.45. The van der Waals surface area contributed by atoms with Gasteiger partial charge in [0.05, 0.1) is 34.8 Å². The van der Waals surface area contributed by atoms with Gasteiger partial charge in [0.2, 0.25) is 0 Å². The smallest absolute Gasteiger partial charge is 0.336 e. The van der Waals surface area contributed by atoms with E-state index >= 15 is 0 Å². The predicted molar refractivity (Wildman–Crippen MR) is 127 cm³/mol. The summed E-state index contributed by atoms with van der Waals surface area (Å²) in [4.78, 5) is 44.9. The summed E-state index contributed by atoms with van der Waals surface area (Å²) in [7, 11) is 1.21. The molecule has 0 bridgehead atoms. The first-order valence-corrected chi connectivity index (χ1v) is 11.0. The van der Waals surface area contributed by atoms with Crippen molar-refractivity contribution in [2.24, 2.45) is 10.9 Å². The van der Waals surface area contributed by atoms with Crippen LogP contribution in [0.4, 0.5) is 5.69 Å². The number of aliphatic imine (C=N–C) groups is 1. The lowest BCUT2D eigenvalue weighted by atomic mass is 9.75. The minimum atomic E-state index is -1.09. The number of aromatic amines is 1. The minimum Gasteiger partial charge on any atom is -0.468 e. The molecule has 180 valence electrons. The molecule has 0 radical (unpaired) electrons. The Balaban J connectivity index is 2.04. The molecule has 10 heteroatoms. The first-order chi connectivity index (χ1) is 16.1. The van der Waals surface area contributed by atoms with Crippen LogP contribution in [0, 0.1) is 29.9 Å². The minimum absolute atomic E-state index is 0.0409. The van der Waals surface area contributed by atoms with Gasteiger partial charge in [-0.05, 0) is 45.4 Å². The summed E-state index contributed by atoms with van der Waals surface area (Å²) in [6.45, 7) is 7.16. The van der Waals surface area contributed by atoms with E-state index in [1.807, 2.05) is 19.9 Å². The third kappa shape index (κ3) is 4.89. The van der Waals surface area contributed by atoms with E-state index in [1.165, 1.54) is 25.3 Å². The summed E-state index contributed by atoms with van der Waals surface area (Å²) in [5.74, 6) is -3.57. The van der Waals surface area contributed by atoms with Gasteiger partial charge in [-0.2, -0.15) is 0 Å². The highest BCUT2D eigenvalue weighted by atomic mass is 35.5. The lowest BCUT2D eigenvalue weighted by Gasteiger charge is -2.31. The largest absolute Gasteiger partial charge is 0.468 e. The molecule has 0 saturated heterocycles. The molecule has 1 aliphatic rings. The van der Waals surface area contributed by atoms with Crippen LogP contribution in [0.15, 0.2) is 40.5 Å². The molecular formula is C24H26ClN3O6. The predicted octanol–water partition coefficient (Wildman–Crippen LogP) is 4.60. The van der Waals surface area contributed by atoms with E-state index in [-0.39, 0.29) is 28.5 Å². The van der Waals surface area contributed by atoms with Crippen LogP contribution in [0.2, 0.25) is 5.02 Å². The third-order valence-corrected chi connectivity index (χ3v) is 6.23. The quantitative estimate of drug-likeness (QED) is 0.345. The maximum Gasteiger partial charge on any atom is 0.336 e. The maximum absolute atomic E-state index is 13.3. The van der Waals surface area contributed by atoms with Gasteiger partial charge in [0.25, 0.3) is 5.69 Å². The van der Waals surface area contributed by atoms with Crippen LogP contribution in [-0.4, -0.2) is 41.3 Å². The molecule has 3 rings (SSSR count). The number of hydrogen-bond acceptors (Lipinski definition) is 7. The molecular weight excluding hydrogens is 462 g/mol. The lowest BCUT2D eigenvalue weighted by Crippen LogP contribution is -2.36. The Labute approximate surface area is 202 Å². The second kappa shape index (κ2) is 10.2. The Morgan fingerprint density at radius 3 is 2.53 bits per heavy atom. The first kappa shape index (κ1) is 25.2. The maximum atomic E-state index is 13.3. The van der Waals surface area contributed by atoms with Crippen molar-refractivity contribution < 1.29 is 24.0 Å². The first-order valence-electron chi connectivity index (χ1n) is 10.7. The van der Waals surface area contributed by atoms with E-state index in [2.05, 4.69) is 9.98 Å². The Morgan fingerprint density at radius 1 is 1.24 bits per heavy atom. The fraction of sp³-hybridized carbons (Fsp3) is 0.375. The van der Waals surface area contributed by atoms with E-state index in [1.54, 1.807) is 13.8 Å². The standard InChI is InChI=1S/C24H26ClN3O6/c1-12-11-16(13(2)26-12)9-10-34-24(30)20-15(4)27-14(3)19(23(29)33-5)22(20)21-17(25)7-6-8-18(21)28(31)32/h6-8,11,19,22,26H,9-10H2,1-5H3. The molecule has 0 amide bonds. The SMILES string of the molecule is COC(=O)C1C(C)=NC(C)=C(C(=O)OCCc2cc(C)[nH]c2C)C1c1c(Cl)cccc1[N+](=O)[O-]. The zero-order chi connectivity index (χ0) is 25.2. The Morgan fingerprint density at radius 2 is 1.94 bits per heavy atom. The van der Waals surface area contributed by atoms with E-state index in [0.717, 1.165) is 17.0 Å². The second-order valence-corrected chi connectivity index (χ2v) is 8.56. The second-order valence-electron chi connectivity index (χ2n) is 8.15. The molecule has 1 aromatic carbocycles. The number of methoxy groups -OCH3 is 1. The molecule has 0 fully saturated rings. The average Bonchev–Trinajstić information content (AvgIpc) is 3.09. The number of allylic oxidation sites excluding steroid dienone is 1. The number of nitro groups is 1. The fourth-order valence-electron chi connectivity index (χ4n) is 4.41. The van der Waals surface area contributed by atoms with Crippen LogP contribution in [0.25, 0.3) is 0 Å². The van der Waals surface area contributed by atoms with Crippen molar-refractivity contribution in [3.63, 3.8) is 0 Å². The zero-order valence-electron chi connectivity index (χ0n) is 19.6. The summed E-state index contributed by atoms with van der Waals surface area (Å²) >= 11 is 6.41. The van der Waals surface area contributed by atoms with Gasteiger partial charge in [-0.3, -0.25) is 19.9 Å². The average molecular weight is 488 g/mol. The van der Waals surface area contributed by atoms with Crippen molar-refractivity contribution >= 4 is 34.9 Å². The molecule has 2 heterocycles. The Kier molecular flexibility index (Phi) is 7.56. The molecule has 1 N–H and O–H groups in total. The summed E-state index contributed by atoms with van der Waals surface area (Å²) in [6, 6.07) is 6.18. The molecule has 1 aromatic heterocycles. The van der Waals surface area contributed by atoms with E-state index in [9.17, 15) is 19.7 Å². The van der Waals surface area contributed by atoms with E-state index in [4.69, 9.17) is 21.1 Å². The number of carbonyl (C=O) groups excluding carboxylic acids is 2. The number of esters is 2. The Hall–Kier alpha value is -3.46. The van der Waals surface area contributed by atoms with Crippen molar-refractivity contribution in [3.05, 3.63) is 73.2 Å². The topological polar surface area (TPSA) is 124 Å². The summed E-state index contributed by atoms with van der Waals surface area (Å²) < 4.78 is 10.5. The van der Waals surface area contributed by atoms with Crippen LogP contribution in [-0.2, 0) is 25.5 Å². The summed E-state index contributed by atoms with van der Waals surface area (Å²) in [5.41, 5.74) is 3.44. The van der Waals surface area contributed by atoms with E-state index < -0.39 is 28.7 Å². The van der Waals surface area contributed by atoms with Crippen molar-refractivity contribution in [1.82, 2.24) is 4.98 Å². The van der Waals surface area contributed by atoms with Crippen LogP contribution in [0.1, 0.15) is 42.3 Å². The van der Waals surface area contributed by atoms with Crippen molar-refractivity contribution in [3.8, 4) is 0 Å². The van der Waals surface area contributed by atoms with Crippen LogP contribution < -0.4 is 0 Å². The highest BCUT2D eigenvalue weighted by Crippen LogP contribution is 2.46. The molecule has 0 spiro atoms. The number of aromatic nitrogens is 1. The number of rotatable bonds is 7. The number of hydrogen-bond donors (Lipinski definition) is 1. The molecule has 34 heavy (non-hydrogen) atoms. The van der Waals surface area contributed by atoms with Gasteiger partial charge in [-0.1, -0.05) is 17.7 Å². The van der Waals surface area contributed by atoms with Gasteiger partial charge in [0, 0.05) is 41.2 Å². The lowest BCUT2D eigenvalue weighted by molar-refractivity contribution is -0.385. The Bertz CT molecular complexity index is 1210. The van der Waals surface area contributed by atoms with E-state index in [0.29, 0.717) is 17.8 Å². The highest BCUT2D eigenvalue weighted by molar-refractivity contribution is 6.32. The number of ether oxygens (including phenoxy) is 2. The molecule has 0 aliphatic carbocycles.